The van der Waals surface area contributed by atoms with E-state index in [2.05, 4.69) is 21.6 Å². The van der Waals surface area contributed by atoms with Crippen LogP contribution in [0.15, 0.2) is 12.1 Å². The molecule has 5 heterocycles. The minimum absolute atomic E-state index is 0.000496. The van der Waals surface area contributed by atoms with Gasteiger partial charge in [-0.25, -0.2) is 9.78 Å². The van der Waals surface area contributed by atoms with Gasteiger partial charge in [-0.1, -0.05) is 11.3 Å². The Bertz CT molecular complexity index is 895. The zero-order valence-corrected chi connectivity index (χ0v) is 15.2. The van der Waals surface area contributed by atoms with Gasteiger partial charge in [0.15, 0.2) is 5.13 Å². The van der Waals surface area contributed by atoms with E-state index >= 15 is 0 Å². The predicted molar refractivity (Wildman–Crippen MR) is 100 cm³/mol. The van der Waals surface area contributed by atoms with Crippen molar-refractivity contribution in [3.05, 3.63) is 17.7 Å². The van der Waals surface area contributed by atoms with Crippen molar-refractivity contribution in [3.63, 3.8) is 0 Å². The summed E-state index contributed by atoms with van der Waals surface area (Å²) in [6.45, 7) is 4.83. The van der Waals surface area contributed by atoms with Crippen LogP contribution in [-0.4, -0.2) is 66.8 Å². The number of ether oxygens (including phenoxy) is 1. The maximum Gasteiger partial charge on any atom is 0.324 e. The second kappa shape index (κ2) is 5.55. The SMILES string of the molecule is O=C1N[C@H]2CCN(C3CNC3)C[C@H]2N1c1nc2c3c(ccc2s1)OCC3. The van der Waals surface area contributed by atoms with Gasteiger partial charge in [-0.3, -0.25) is 9.80 Å². The van der Waals surface area contributed by atoms with Crippen LogP contribution in [0.3, 0.4) is 0 Å². The first-order valence-corrected chi connectivity index (χ1v) is 10.2. The summed E-state index contributed by atoms with van der Waals surface area (Å²) in [7, 11) is 0. The van der Waals surface area contributed by atoms with Crippen LogP contribution < -0.4 is 20.3 Å². The Kier molecular flexibility index (Phi) is 3.24. The molecule has 6 rings (SSSR count). The van der Waals surface area contributed by atoms with Crippen LogP contribution in [0.4, 0.5) is 9.93 Å². The minimum Gasteiger partial charge on any atom is -0.493 e. The zero-order chi connectivity index (χ0) is 17.3. The number of nitrogens with one attached hydrogen (secondary N) is 2. The molecule has 2 N–H and O–H groups in total. The minimum atomic E-state index is 0.000496. The van der Waals surface area contributed by atoms with Gasteiger partial charge in [0.1, 0.15) is 5.75 Å². The van der Waals surface area contributed by atoms with Gasteiger partial charge in [-0.2, -0.15) is 0 Å². The van der Waals surface area contributed by atoms with Crippen LogP contribution in [-0.2, 0) is 6.42 Å². The summed E-state index contributed by atoms with van der Waals surface area (Å²) in [6.07, 6.45) is 1.91. The Balaban J connectivity index is 1.36. The quantitative estimate of drug-likeness (QED) is 0.830. The summed E-state index contributed by atoms with van der Waals surface area (Å²) in [6, 6.07) is 5.12. The fraction of sp³-hybridized carbons (Fsp3) is 0.556. The molecule has 7 nitrogen and oxygen atoms in total. The molecule has 2 aromatic rings. The molecule has 0 spiro atoms. The van der Waals surface area contributed by atoms with Crippen LogP contribution in [0.25, 0.3) is 10.2 Å². The lowest BCUT2D eigenvalue weighted by Gasteiger charge is -2.44. The third-order valence-electron chi connectivity index (χ3n) is 6.18. The van der Waals surface area contributed by atoms with Gasteiger partial charge in [0, 0.05) is 44.2 Å². The van der Waals surface area contributed by atoms with E-state index in [0.29, 0.717) is 6.04 Å². The third kappa shape index (κ3) is 2.12. The number of piperidine rings is 1. The van der Waals surface area contributed by atoms with Gasteiger partial charge in [0.25, 0.3) is 0 Å². The number of aromatic nitrogens is 1. The molecular weight excluding hydrogens is 350 g/mol. The van der Waals surface area contributed by atoms with E-state index in [4.69, 9.17) is 9.72 Å². The number of hydrogen-bond acceptors (Lipinski definition) is 6. The number of carbonyl (C=O) groups is 1. The van der Waals surface area contributed by atoms with Crippen molar-refractivity contribution in [2.75, 3.05) is 37.7 Å². The van der Waals surface area contributed by atoms with E-state index in [1.54, 1.807) is 11.3 Å². The van der Waals surface area contributed by atoms with Crippen LogP contribution in [0.1, 0.15) is 12.0 Å². The fourth-order valence-corrected chi connectivity index (χ4v) is 5.67. The Labute approximate surface area is 155 Å². The number of amides is 2. The highest BCUT2D eigenvalue weighted by molar-refractivity contribution is 7.22. The van der Waals surface area contributed by atoms with Crippen molar-refractivity contribution in [3.8, 4) is 5.75 Å². The summed E-state index contributed by atoms with van der Waals surface area (Å²) in [4.78, 5) is 22.1. The Hall–Kier alpha value is -1.90. The first kappa shape index (κ1) is 15.2. The number of fused-ring (bicyclic) bond motifs is 4. The molecule has 0 radical (unpaired) electrons. The average Bonchev–Trinajstić information content (AvgIpc) is 3.26. The van der Waals surface area contributed by atoms with E-state index in [1.165, 1.54) is 5.56 Å². The van der Waals surface area contributed by atoms with Gasteiger partial charge in [-0.15, -0.1) is 0 Å². The number of thiazole rings is 1. The van der Waals surface area contributed by atoms with Gasteiger partial charge >= 0.3 is 6.03 Å². The second-order valence-electron chi connectivity index (χ2n) is 7.57. The molecule has 3 fully saturated rings. The predicted octanol–water partition coefficient (Wildman–Crippen LogP) is 1.18. The van der Waals surface area contributed by atoms with E-state index in [1.807, 2.05) is 11.0 Å². The maximum atomic E-state index is 12.7. The largest absolute Gasteiger partial charge is 0.493 e. The van der Waals surface area contributed by atoms with Gasteiger partial charge in [0.05, 0.1) is 28.9 Å². The molecule has 26 heavy (non-hydrogen) atoms. The molecule has 0 unspecified atom stereocenters. The van der Waals surface area contributed by atoms with Crippen LogP contribution in [0, 0.1) is 0 Å². The van der Waals surface area contributed by atoms with Crippen molar-refractivity contribution in [2.24, 2.45) is 0 Å². The molecule has 0 bridgehead atoms. The molecule has 8 heteroatoms. The molecule has 0 saturated carbocycles. The molecule has 0 aliphatic carbocycles. The average molecular weight is 371 g/mol. The van der Waals surface area contributed by atoms with Crippen molar-refractivity contribution in [2.45, 2.75) is 31.0 Å². The van der Waals surface area contributed by atoms with Crippen LogP contribution >= 0.6 is 11.3 Å². The van der Waals surface area contributed by atoms with Crippen LogP contribution in [0.2, 0.25) is 0 Å². The lowest BCUT2D eigenvalue weighted by atomic mass is 9.97. The van der Waals surface area contributed by atoms with Crippen molar-refractivity contribution in [1.29, 1.82) is 0 Å². The number of likely N-dealkylation sites (tertiary alicyclic amines) is 1. The lowest BCUT2D eigenvalue weighted by molar-refractivity contribution is 0.104. The summed E-state index contributed by atoms with van der Waals surface area (Å²) >= 11 is 1.62. The molecule has 4 aliphatic rings. The van der Waals surface area contributed by atoms with E-state index in [-0.39, 0.29) is 18.1 Å². The summed E-state index contributed by atoms with van der Waals surface area (Å²) in [5.74, 6) is 0.944. The molecule has 4 aliphatic heterocycles. The number of anilines is 1. The topological polar surface area (TPSA) is 69.7 Å². The number of hydrogen-bond donors (Lipinski definition) is 2. The van der Waals surface area contributed by atoms with Gasteiger partial charge < -0.3 is 15.4 Å². The van der Waals surface area contributed by atoms with Crippen molar-refractivity contribution < 1.29 is 9.53 Å². The van der Waals surface area contributed by atoms with Crippen molar-refractivity contribution >= 4 is 32.7 Å². The second-order valence-corrected chi connectivity index (χ2v) is 8.58. The molecule has 2 amide bonds. The monoisotopic (exact) mass is 371 g/mol. The highest BCUT2D eigenvalue weighted by Gasteiger charge is 2.46. The highest BCUT2D eigenvalue weighted by Crippen LogP contribution is 2.39. The fourth-order valence-electron chi connectivity index (χ4n) is 4.62. The molecule has 1 aromatic carbocycles. The molecular formula is C18H21N5O2S. The molecule has 1 aromatic heterocycles. The van der Waals surface area contributed by atoms with Crippen LogP contribution in [0.5, 0.6) is 5.75 Å². The summed E-state index contributed by atoms with van der Waals surface area (Å²) in [5, 5.41) is 7.35. The number of rotatable bonds is 2. The summed E-state index contributed by atoms with van der Waals surface area (Å²) < 4.78 is 6.80. The maximum absolute atomic E-state index is 12.7. The smallest absolute Gasteiger partial charge is 0.324 e. The summed E-state index contributed by atoms with van der Waals surface area (Å²) in [5.41, 5.74) is 2.19. The first-order chi connectivity index (χ1) is 12.8. The van der Waals surface area contributed by atoms with Gasteiger partial charge in [-0.05, 0) is 18.6 Å². The molecule has 3 saturated heterocycles. The number of urea groups is 1. The van der Waals surface area contributed by atoms with E-state index in [0.717, 1.165) is 66.7 Å². The number of carbonyl (C=O) groups excluding carboxylic acids is 1. The Morgan fingerprint density at radius 1 is 1.31 bits per heavy atom. The van der Waals surface area contributed by atoms with Gasteiger partial charge in [0.2, 0.25) is 0 Å². The highest BCUT2D eigenvalue weighted by atomic mass is 32.1. The number of benzene rings is 1. The standard InChI is InChI=1S/C18H21N5O2S/c24-17-20-12-3-5-22(10-7-19-8-10)9-13(12)23(17)18-21-16-11-4-6-25-14(11)1-2-15(16)26-18/h1-2,10,12-13,19H,3-9H2,(H,20,24)/t12-,13+/m0/s1. The lowest BCUT2D eigenvalue weighted by Crippen LogP contribution is -2.63. The Morgan fingerprint density at radius 2 is 2.23 bits per heavy atom. The molecule has 136 valence electrons. The number of nitrogens with zero attached hydrogens (tertiary/aromatic N) is 3. The zero-order valence-electron chi connectivity index (χ0n) is 14.4. The Morgan fingerprint density at radius 3 is 3.08 bits per heavy atom. The molecule has 2 atom stereocenters. The van der Waals surface area contributed by atoms with E-state index in [9.17, 15) is 4.79 Å². The first-order valence-electron chi connectivity index (χ1n) is 9.37. The third-order valence-corrected chi connectivity index (χ3v) is 7.20. The van der Waals surface area contributed by atoms with E-state index < -0.39 is 0 Å². The van der Waals surface area contributed by atoms with Crippen molar-refractivity contribution in [1.82, 2.24) is 20.5 Å². The normalized spacial score (nSPS) is 28.6.